The Balaban J connectivity index is 1.44. The Morgan fingerprint density at radius 3 is 2.76 bits per heavy atom. The second kappa shape index (κ2) is 8.71. The van der Waals surface area contributed by atoms with Gasteiger partial charge in [-0.1, -0.05) is 12.1 Å². The molecule has 7 nitrogen and oxygen atoms in total. The molecule has 174 valence electrons. The fourth-order valence-electron chi connectivity index (χ4n) is 5.17. The van der Waals surface area contributed by atoms with E-state index in [1.807, 2.05) is 24.3 Å². The summed E-state index contributed by atoms with van der Waals surface area (Å²) in [7, 11) is 2.19. The lowest BCUT2D eigenvalue weighted by Gasteiger charge is -2.37. The number of aliphatic hydroxyl groups is 1. The Labute approximate surface area is 200 Å². The van der Waals surface area contributed by atoms with E-state index in [-0.39, 0.29) is 0 Å². The van der Waals surface area contributed by atoms with Crippen LogP contribution in [-0.2, 0) is 18.6 Å². The van der Waals surface area contributed by atoms with Crippen molar-refractivity contribution in [2.24, 2.45) is 0 Å². The molecule has 0 fully saturated rings. The first kappa shape index (κ1) is 22.3. The minimum atomic E-state index is -0.964. The van der Waals surface area contributed by atoms with Crippen molar-refractivity contribution in [1.82, 2.24) is 14.9 Å². The van der Waals surface area contributed by atoms with E-state index >= 15 is 0 Å². The third-order valence-corrected chi connectivity index (χ3v) is 6.73. The van der Waals surface area contributed by atoms with Crippen molar-refractivity contribution in [3.8, 4) is 6.07 Å². The Bertz CT molecular complexity index is 1270. The van der Waals surface area contributed by atoms with Crippen molar-refractivity contribution in [1.29, 1.82) is 5.26 Å². The van der Waals surface area contributed by atoms with Gasteiger partial charge < -0.3 is 20.6 Å². The number of likely N-dealkylation sites (N-methyl/N-ethyl adjacent to an activating group) is 1. The van der Waals surface area contributed by atoms with Crippen LogP contribution in [-0.4, -0.2) is 33.6 Å². The largest absolute Gasteiger partial charge is 0.386 e. The highest BCUT2D eigenvalue weighted by molar-refractivity contribution is 5.66. The third kappa shape index (κ3) is 4.47. The molecular weight excluding hydrogens is 424 g/mol. The first-order valence-corrected chi connectivity index (χ1v) is 11.8. The molecule has 0 amide bonds. The van der Waals surface area contributed by atoms with Crippen LogP contribution in [0.4, 0.5) is 23.1 Å². The van der Waals surface area contributed by atoms with Gasteiger partial charge >= 0.3 is 0 Å². The Morgan fingerprint density at radius 2 is 1.97 bits per heavy atom. The molecule has 0 bridgehead atoms. The van der Waals surface area contributed by atoms with Crippen molar-refractivity contribution in [3.63, 3.8) is 0 Å². The number of aryl methyl sites for hydroxylation is 1. The van der Waals surface area contributed by atoms with Crippen LogP contribution in [0.1, 0.15) is 60.4 Å². The van der Waals surface area contributed by atoms with Crippen LogP contribution in [0.15, 0.2) is 42.6 Å². The van der Waals surface area contributed by atoms with Crippen LogP contribution < -0.4 is 10.6 Å². The molecule has 7 heteroatoms. The summed E-state index contributed by atoms with van der Waals surface area (Å²) in [4.78, 5) is 11.4. The fraction of sp³-hybridized carbons (Fsp3) is 0.370. The van der Waals surface area contributed by atoms with Crippen molar-refractivity contribution >= 4 is 23.1 Å². The van der Waals surface area contributed by atoms with Gasteiger partial charge in [-0.25, -0.2) is 4.98 Å². The van der Waals surface area contributed by atoms with E-state index in [1.54, 1.807) is 19.4 Å². The van der Waals surface area contributed by atoms with Gasteiger partial charge in [0, 0.05) is 24.5 Å². The summed E-state index contributed by atoms with van der Waals surface area (Å²) in [5.41, 5.74) is 6.24. The summed E-state index contributed by atoms with van der Waals surface area (Å²) >= 11 is 0. The quantitative estimate of drug-likeness (QED) is 0.503. The van der Waals surface area contributed by atoms with E-state index in [4.69, 9.17) is 0 Å². The lowest BCUT2D eigenvalue weighted by Crippen LogP contribution is -2.33. The molecule has 2 heterocycles. The van der Waals surface area contributed by atoms with Crippen LogP contribution >= 0.6 is 0 Å². The molecule has 2 aromatic carbocycles. The molecule has 1 aliphatic carbocycles. The second-order valence-electron chi connectivity index (χ2n) is 9.95. The van der Waals surface area contributed by atoms with E-state index < -0.39 is 5.60 Å². The molecule has 1 unspecified atom stereocenters. The van der Waals surface area contributed by atoms with Crippen LogP contribution in [0.2, 0.25) is 0 Å². The third-order valence-electron chi connectivity index (χ3n) is 6.73. The molecule has 5 rings (SSSR count). The summed E-state index contributed by atoms with van der Waals surface area (Å²) in [6.07, 6.45) is 5.12. The highest BCUT2D eigenvalue weighted by Crippen LogP contribution is 2.40. The maximum Gasteiger partial charge on any atom is 0.229 e. The smallest absolute Gasteiger partial charge is 0.229 e. The van der Waals surface area contributed by atoms with Crippen LogP contribution in [0.5, 0.6) is 0 Å². The number of rotatable bonds is 5. The Morgan fingerprint density at radius 1 is 1.15 bits per heavy atom. The summed E-state index contributed by atoms with van der Waals surface area (Å²) < 4.78 is 0. The molecule has 34 heavy (non-hydrogen) atoms. The average Bonchev–Trinajstić information content (AvgIpc) is 2.79. The Hall–Kier alpha value is -3.47. The van der Waals surface area contributed by atoms with E-state index in [0.29, 0.717) is 23.2 Å². The normalized spacial score (nSPS) is 17.6. The molecule has 0 radical (unpaired) electrons. The van der Waals surface area contributed by atoms with E-state index in [1.165, 1.54) is 30.2 Å². The van der Waals surface area contributed by atoms with E-state index in [2.05, 4.69) is 50.8 Å². The van der Waals surface area contributed by atoms with E-state index in [9.17, 15) is 10.4 Å². The predicted molar refractivity (Wildman–Crippen MR) is 133 cm³/mol. The Kier molecular flexibility index (Phi) is 5.72. The predicted octanol–water partition coefficient (Wildman–Crippen LogP) is 4.93. The number of nitriles is 1. The van der Waals surface area contributed by atoms with Gasteiger partial charge in [-0.3, -0.25) is 0 Å². The van der Waals surface area contributed by atoms with Gasteiger partial charge in [0.2, 0.25) is 5.95 Å². The van der Waals surface area contributed by atoms with Crippen molar-refractivity contribution in [2.45, 2.75) is 51.2 Å². The number of benzene rings is 2. The minimum Gasteiger partial charge on any atom is -0.386 e. The number of nitrogens with one attached hydrogen (secondary N) is 2. The van der Waals surface area contributed by atoms with Gasteiger partial charge in [0.05, 0.1) is 11.8 Å². The fourth-order valence-corrected chi connectivity index (χ4v) is 5.17. The zero-order valence-corrected chi connectivity index (χ0v) is 19.9. The van der Waals surface area contributed by atoms with E-state index in [0.717, 1.165) is 36.4 Å². The minimum absolute atomic E-state index is 0.351. The molecule has 3 N–H and O–H groups in total. The van der Waals surface area contributed by atoms with Crippen LogP contribution in [0.25, 0.3) is 0 Å². The lowest BCUT2D eigenvalue weighted by molar-refractivity contribution is 0.0786. The topological polar surface area (TPSA) is 97.1 Å². The molecule has 1 atom stereocenters. The molecule has 2 aliphatic rings. The number of nitrogens with zero attached hydrogens (tertiary/aromatic N) is 4. The monoisotopic (exact) mass is 454 g/mol. The summed E-state index contributed by atoms with van der Waals surface area (Å²) in [6, 6.07) is 14.1. The molecule has 1 aliphatic heterocycles. The highest BCUT2D eigenvalue weighted by atomic mass is 16.3. The van der Waals surface area contributed by atoms with Gasteiger partial charge in [-0.05, 0) is 92.6 Å². The average molecular weight is 455 g/mol. The zero-order valence-electron chi connectivity index (χ0n) is 19.9. The van der Waals surface area contributed by atoms with Crippen molar-refractivity contribution in [3.05, 3.63) is 70.4 Å². The van der Waals surface area contributed by atoms with Crippen LogP contribution in [0.3, 0.4) is 0 Å². The summed E-state index contributed by atoms with van der Waals surface area (Å²) in [5, 5.41) is 26.5. The highest BCUT2D eigenvalue weighted by Gasteiger charge is 2.29. The molecular formula is C27H30N6O. The molecule has 0 spiro atoms. The standard InChI is InChI=1S/C27H30N6O/c1-27(2,34)21-8-5-9-22(12-21)30-25-20(13-28)14-29-26(32-25)31-23-10-17-6-4-7-18-15-33(3)16-19(11-23)24(17)18/h5,8-12,14,18,34H,4,6-7,15-16H2,1-3H3,(H2,29,30,31,32). The molecule has 3 aromatic rings. The van der Waals surface area contributed by atoms with Gasteiger partial charge in [-0.15, -0.1) is 0 Å². The number of aromatic nitrogens is 2. The first-order chi connectivity index (χ1) is 16.3. The van der Waals surface area contributed by atoms with Gasteiger partial charge in [-0.2, -0.15) is 10.2 Å². The van der Waals surface area contributed by atoms with Gasteiger partial charge in [0.15, 0.2) is 5.82 Å². The van der Waals surface area contributed by atoms with Crippen molar-refractivity contribution in [2.75, 3.05) is 24.2 Å². The molecule has 0 saturated carbocycles. The number of hydrogen-bond acceptors (Lipinski definition) is 7. The number of anilines is 4. The zero-order chi connectivity index (χ0) is 23.9. The van der Waals surface area contributed by atoms with Gasteiger partial charge in [0.1, 0.15) is 11.6 Å². The first-order valence-electron chi connectivity index (χ1n) is 11.8. The maximum absolute atomic E-state index is 10.3. The van der Waals surface area contributed by atoms with Crippen molar-refractivity contribution < 1.29 is 5.11 Å². The van der Waals surface area contributed by atoms with Gasteiger partial charge in [0.25, 0.3) is 0 Å². The summed E-state index contributed by atoms with van der Waals surface area (Å²) in [5.74, 6) is 1.49. The molecule has 1 aromatic heterocycles. The van der Waals surface area contributed by atoms with Crippen LogP contribution in [0, 0.1) is 11.3 Å². The molecule has 0 saturated heterocycles. The second-order valence-corrected chi connectivity index (χ2v) is 9.95. The summed E-state index contributed by atoms with van der Waals surface area (Å²) in [6.45, 7) is 5.57. The SMILES string of the molecule is CN1Cc2cc(Nc3ncc(C#N)c(Nc4cccc(C(C)(C)O)c4)n3)cc3c2C(CCC3)C1. The number of hydrogen-bond donors (Lipinski definition) is 3. The maximum atomic E-state index is 10.3. The lowest BCUT2D eigenvalue weighted by atomic mass is 9.77.